The highest BCUT2D eigenvalue weighted by atomic mass is 32.1. The molecule has 17 heavy (non-hydrogen) atoms. The summed E-state index contributed by atoms with van der Waals surface area (Å²) in [7, 11) is 0. The van der Waals surface area contributed by atoms with Crippen molar-refractivity contribution in [2.24, 2.45) is 0 Å². The molecule has 0 saturated heterocycles. The molecule has 1 rings (SSSR count). The van der Waals surface area contributed by atoms with Crippen LogP contribution in [0.15, 0.2) is 5.38 Å². The van der Waals surface area contributed by atoms with Crippen LogP contribution in [0, 0.1) is 12.3 Å². The zero-order valence-corrected chi connectivity index (χ0v) is 10.3. The fourth-order valence-corrected chi connectivity index (χ4v) is 1.67. The lowest BCUT2D eigenvalue weighted by Gasteiger charge is -2.04. The number of nitrogens with zero attached hydrogens (tertiary/aromatic N) is 1. The molecule has 0 radical (unpaired) electrons. The molecule has 0 fully saturated rings. The summed E-state index contributed by atoms with van der Waals surface area (Å²) in [4.78, 5) is 26.8. The Hall–Kier alpha value is -1.87. The van der Waals surface area contributed by atoms with E-state index >= 15 is 0 Å². The third-order valence-corrected chi connectivity index (χ3v) is 2.61. The van der Waals surface area contributed by atoms with Gasteiger partial charge in [0.1, 0.15) is 5.69 Å². The number of amides is 1. The first-order valence-corrected chi connectivity index (χ1v) is 5.86. The van der Waals surface area contributed by atoms with Crippen LogP contribution < -0.4 is 5.32 Å². The summed E-state index contributed by atoms with van der Waals surface area (Å²) in [6, 6.07) is -0.379. The van der Waals surface area contributed by atoms with Gasteiger partial charge in [-0.2, -0.15) is 0 Å². The maximum absolute atomic E-state index is 11.6. The zero-order valence-electron chi connectivity index (χ0n) is 9.52. The van der Waals surface area contributed by atoms with E-state index < -0.39 is 11.9 Å². The summed E-state index contributed by atoms with van der Waals surface area (Å²) < 4.78 is 4.77. The number of thiazole rings is 1. The maximum Gasteiger partial charge on any atom is 0.367 e. The SMILES string of the molecule is C#CC(C)NC(=O)c1csc(C(=O)OCC)n1. The molecule has 0 saturated carbocycles. The van der Waals surface area contributed by atoms with Crippen molar-refractivity contribution in [1.82, 2.24) is 10.3 Å². The molecule has 1 heterocycles. The molecule has 0 bridgehead atoms. The number of rotatable bonds is 4. The Morgan fingerprint density at radius 1 is 1.71 bits per heavy atom. The van der Waals surface area contributed by atoms with E-state index in [2.05, 4.69) is 16.2 Å². The van der Waals surface area contributed by atoms with Crippen molar-refractivity contribution < 1.29 is 14.3 Å². The second-order valence-corrected chi connectivity index (χ2v) is 3.98. The van der Waals surface area contributed by atoms with Crippen molar-refractivity contribution in [3.05, 3.63) is 16.1 Å². The first-order valence-electron chi connectivity index (χ1n) is 4.98. The molecular weight excluding hydrogens is 240 g/mol. The molecule has 0 aromatic carbocycles. The van der Waals surface area contributed by atoms with Gasteiger partial charge in [-0.05, 0) is 13.8 Å². The topological polar surface area (TPSA) is 68.3 Å². The van der Waals surface area contributed by atoms with E-state index in [1.807, 2.05) is 0 Å². The number of carbonyl (C=O) groups is 2. The molecule has 90 valence electrons. The number of carbonyl (C=O) groups excluding carboxylic acids is 2. The lowest BCUT2D eigenvalue weighted by atomic mass is 10.3. The Bertz CT molecular complexity index is 462. The Balaban J connectivity index is 2.71. The highest BCUT2D eigenvalue weighted by Gasteiger charge is 2.16. The number of aromatic nitrogens is 1. The van der Waals surface area contributed by atoms with Crippen LogP contribution in [-0.2, 0) is 4.74 Å². The summed E-state index contributed by atoms with van der Waals surface area (Å²) >= 11 is 1.06. The van der Waals surface area contributed by atoms with Gasteiger partial charge in [-0.25, -0.2) is 9.78 Å². The van der Waals surface area contributed by atoms with E-state index in [0.717, 1.165) is 11.3 Å². The van der Waals surface area contributed by atoms with Gasteiger partial charge < -0.3 is 10.1 Å². The average molecular weight is 252 g/mol. The molecule has 1 N–H and O–H groups in total. The lowest BCUT2D eigenvalue weighted by molar-refractivity contribution is 0.0526. The molecular formula is C11H12N2O3S. The quantitative estimate of drug-likeness (QED) is 0.643. The van der Waals surface area contributed by atoms with Gasteiger partial charge in [0.25, 0.3) is 5.91 Å². The average Bonchev–Trinajstić information content (AvgIpc) is 2.78. The van der Waals surface area contributed by atoms with Crippen molar-refractivity contribution in [2.75, 3.05) is 6.61 Å². The van der Waals surface area contributed by atoms with Crippen LogP contribution in [0.4, 0.5) is 0 Å². The van der Waals surface area contributed by atoms with Crippen LogP contribution in [0.5, 0.6) is 0 Å². The molecule has 6 heteroatoms. The third-order valence-electron chi connectivity index (χ3n) is 1.78. The van der Waals surface area contributed by atoms with Crippen molar-refractivity contribution in [3.8, 4) is 12.3 Å². The minimum atomic E-state index is -0.526. The maximum atomic E-state index is 11.6. The van der Waals surface area contributed by atoms with Gasteiger partial charge in [0.2, 0.25) is 5.01 Å². The second kappa shape index (κ2) is 6.01. The van der Waals surface area contributed by atoms with Crippen LogP contribution in [0.2, 0.25) is 0 Å². The number of hydrogen-bond donors (Lipinski definition) is 1. The minimum absolute atomic E-state index is 0.158. The van der Waals surface area contributed by atoms with Gasteiger partial charge in [0.05, 0.1) is 12.6 Å². The summed E-state index contributed by atoms with van der Waals surface area (Å²) in [6.07, 6.45) is 5.13. The largest absolute Gasteiger partial charge is 0.461 e. The standard InChI is InChI=1S/C11H12N2O3S/c1-4-7(3)12-9(14)8-6-17-10(13-8)11(15)16-5-2/h1,6-7H,5H2,2-3H3,(H,12,14). The number of terminal acetylenes is 1. The van der Waals surface area contributed by atoms with Gasteiger partial charge in [0, 0.05) is 5.38 Å². The summed E-state index contributed by atoms with van der Waals surface area (Å²) in [5, 5.41) is 4.20. The Morgan fingerprint density at radius 3 is 3.00 bits per heavy atom. The monoisotopic (exact) mass is 252 g/mol. The van der Waals surface area contributed by atoms with E-state index in [4.69, 9.17) is 11.2 Å². The smallest absolute Gasteiger partial charge is 0.367 e. The van der Waals surface area contributed by atoms with Crippen LogP contribution >= 0.6 is 11.3 Å². The van der Waals surface area contributed by atoms with Crippen LogP contribution in [0.25, 0.3) is 0 Å². The van der Waals surface area contributed by atoms with Crippen molar-refractivity contribution >= 4 is 23.2 Å². The predicted molar refractivity (Wildman–Crippen MR) is 63.8 cm³/mol. The van der Waals surface area contributed by atoms with Gasteiger partial charge >= 0.3 is 5.97 Å². The van der Waals surface area contributed by atoms with E-state index in [1.165, 1.54) is 5.38 Å². The van der Waals surface area contributed by atoms with Gasteiger partial charge in [0.15, 0.2) is 0 Å². The van der Waals surface area contributed by atoms with Crippen molar-refractivity contribution in [1.29, 1.82) is 0 Å². The van der Waals surface area contributed by atoms with Crippen molar-refractivity contribution in [2.45, 2.75) is 19.9 Å². The second-order valence-electron chi connectivity index (χ2n) is 3.12. The minimum Gasteiger partial charge on any atom is -0.461 e. The molecule has 1 aromatic rings. The molecule has 0 aliphatic heterocycles. The first-order chi connectivity index (χ1) is 8.08. The number of esters is 1. The van der Waals surface area contributed by atoms with E-state index in [1.54, 1.807) is 13.8 Å². The summed E-state index contributed by atoms with van der Waals surface area (Å²) in [5.41, 5.74) is 0.167. The predicted octanol–water partition coefficient (Wildman–Crippen LogP) is 1.07. The molecule has 1 amide bonds. The van der Waals surface area contributed by atoms with Gasteiger partial charge in [-0.1, -0.05) is 5.92 Å². The lowest BCUT2D eigenvalue weighted by Crippen LogP contribution is -2.31. The molecule has 0 spiro atoms. The molecule has 1 aromatic heterocycles. The van der Waals surface area contributed by atoms with Crippen molar-refractivity contribution in [3.63, 3.8) is 0 Å². The summed E-state index contributed by atoms with van der Waals surface area (Å²) in [6.45, 7) is 3.65. The van der Waals surface area contributed by atoms with E-state index in [9.17, 15) is 9.59 Å². The molecule has 1 unspecified atom stereocenters. The Morgan fingerprint density at radius 2 is 2.41 bits per heavy atom. The van der Waals surface area contributed by atoms with Crippen LogP contribution in [0.1, 0.15) is 34.1 Å². The van der Waals surface area contributed by atoms with Gasteiger partial charge in [-0.3, -0.25) is 4.79 Å². The first kappa shape index (κ1) is 13.2. The van der Waals surface area contributed by atoms with E-state index in [-0.39, 0.29) is 23.4 Å². The molecule has 1 atom stereocenters. The fourth-order valence-electron chi connectivity index (χ4n) is 0.977. The molecule has 0 aliphatic carbocycles. The van der Waals surface area contributed by atoms with Crippen LogP contribution in [-0.4, -0.2) is 29.5 Å². The molecule has 0 aliphatic rings. The number of ether oxygens (including phenoxy) is 1. The number of hydrogen-bond acceptors (Lipinski definition) is 5. The Labute approximate surface area is 103 Å². The van der Waals surface area contributed by atoms with Crippen LogP contribution in [0.3, 0.4) is 0 Å². The normalized spacial score (nSPS) is 11.4. The summed E-state index contributed by atoms with van der Waals surface area (Å²) in [5.74, 6) is 1.44. The molecule has 5 nitrogen and oxygen atoms in total. The fraction of sp³-hybridized carbons (Fsp3) is 0.364. The third kappa shape index (κ3) is 3.57. The Kier molecular flexibility index (Phi) is 4.67. The zero-order chi connectivity index (χ0) is 12.8. The van der Waals surface area contributed by atoms with Gasteiger partial charge in [-0.15, -0.1) is 17.8 Å². The van der Waals surface area contributed by atoms with E-state index in [0.29, 0.717) is 0 Å². The highest BCUT2D eigenvalue weighted by Crippen LogP contribution is 2.11. The highest BCUT2D eigenvalue weighted by molar-refractivity contribution is 7.11. The number of nitrogens with one attached hydrogen (secondary N) is 1.